The van der Waals surface area contributed by atoms with Crippen molar-refractivity contribution in [2.45, 2.75) is 19.4 Å². The van der Waals surface area contributed by atoms with Gasteiger partial charge in [0.1, 0.15) is 5.52 Å². The Kier molecular flexibility index (Phi) is 4.71. The molecule has 1 aromatic carbocycles. The number of H-pyrrole nitrogens is 1. The van der Waals surface area contributed by atoms with Gasteiger partial charge in [0, 0.05) is 26.2 Å². The molecule has 1 fully saturated rings. The number of piperidine rings is 1. The van der Waals surface area contributed by atoms with Gasteiger partial charge in [-0.05, 0) is 31.4 Å². The molecular weight excluding hydrogens is 326 g/mol. The second-order valence-electron chi connectivity index (χ2n) is 7.12. The van der Waals surface area contributed by atoms with Gasteiger partial charge in [-0.15, -0.1) is 0 Å². The number of nitrogen functional groups attached to an aromatic ring is 1. The molecule has 2 aromatic heterocycles. The van der Waals surface area contributed by atoms with Crippen LogP contribution in [0.5, 0.6) is 0 Å². The van der Waals surface area contributed by atoms with Crippen molar-refractivity contribution in [3.63, 3.8) is 0 Å². The molecule has 1 saturated heterocycles. The quantitative estimate of drug-likeness (QED) is 0.733. The van der Waals surface area contributed by atoms with Gasteiger partial charge in [-0.3, -0.25) is 0 Å². The first-order valence-electron chi connectivity index (χ1n) is 9.13. The van der Waals surface area contributed by atoms with Crippen LogP contribution in [0.2, 0.25) is 0 Å². The third-order valence-corrected chi connectivity index (χ3v) is 5.06. The normalized spacial score (nSPS) is 15.8. The maximum atomic E-state index is 6.02. The van der Waals surface area contributed by atoms with Crippen LogP contribution >= 0.6 is 0 Å². The lowest BCUT2D eigenvalue weighted by molar-refractivity contribution is 0.242. The van der Waals surface area contributed by atoms with Crippen molar-refractivity contribution in [3.05, 3.63) is 42.2 Å². The van der Waals surface area contributed by atoms with E-state index < -0.39 is 0 Å². The summed E-state index contributed by atoms with van der Waals surface area (Å²) < 4.78 is 0. The first-order chi connectivity index (χ1) is 12.7. The van der Waals surface area contributed by atoms with Crippen molar-refractivity contribution < 1.29 is 0 Å². The van der Waals surface area contributed by atoms with Gasteiger partial charge in [-0.2, -0.15) is 9.97 Å². The Morgan fingerprint density at radius 3 is 2.73 bits per heavy atom. The van der Waals surface area contributed by atoms with Gasteiger partial charge < -0.3 is 20.5 Å². The number of nitrogens with zero attached hydrogens (tertiary/aromatic N) is 5. The molecule has 0 radical (unpaired) electrons. The van der Waals surface area contributed by atoms with Gasteiger partial charge in [0.25, 0.3) is 0 Å². The number of hydrogen-bond acceptors (Lipinski definition) is 6. The van der Waals surface area contributed by atoms with Crippen molar-refractivity contribution in [1.82, 2.24) is 24.8 Å². The van der Waals surface area contributed by atoms with E-state index in [1.807, 2.05) is 0 Å². The maximum Gasteiger partial charge on any atom is 0.229 e. The van der Waals surface area contributed by atoms with E-state index in [4.69, 9.17) is 5.73 Å². The number of nitrogens with one attached hydrogen (secondary N) is 1. The molecule has 0 bridgehead atoms. The minimum absolute atomic E-state index is 0.465. The number of aromatic nitrogens is 4. The Bertz CT molecular complexity index is 853. The molecule has 7 nitrogen and oxygen atoms in total. The Labute approximate surface area is 153 Å². The summed E-state index contributed by atoms with van der Waals surface area (Å²) in [7, 11) is 2.20. The molecule has 1 aliphatic heterocycles. The van der Waals surface area contributed by atoms with Crippen molar-refractivity contribution >= 4 is 22.9 Å². The fraction of sp³-hybridized carbons (Fsp3) is 0.421. The number of imidazole rings is 1. The molecule has 0 saturated carbocycles. The molecule has 3 aromatic rings. The maximum absolute atomic E-state index is 6.02. The highest BCUT2D eigenvalue weighted by molar-refractivity contribution is 5.82. The molecule has 3 N–H and O–H groups in total. The van der Waals surface area contributed by atoms with E-state index >= 15 is 0 Å². The summed E-state index contributed by atoms with van der Waals surface area (Å²) >= 11 is 0. The van der Waals surface area contributed by atoms with E-state index in [1.165, 1.54) is 5.56 Å². The lowest BCUT2D eigenvalue weighted by Gasteiger charge is -2.34. The van der Waals surface area contributed by atoms with E-state index in [2.05, 4.69) is 67.1 Å². The van der Waals surface area contributed by atoms with Crippen LogP contribution in [0.25, 0.3) is 11.2 Å². The zero-order valence-electron chi connectivity index (χ0n) is 15.1. The van der Waals surface area contributed by atoms with E-state index in [1.54, 1.807) is 6.33 Å². The van der Waals surface area contributed by atoms with E-state index in [0.717, 1.165) is 39.0 Å². The molecule has 0 unspecified atom stereocenters. The minimum Gasteiger partial charge on any atom is -0.382 e. The number of rotatable bonds is 5. The summed E-state index contributed by atoms with van der Waals surface area (Å²) in [5, 5.41) is 0. The molecule has 7 heteroatoms. The first kappa shape index (κ1) is 16.8. The molecule has 4 rings (SSSR count). The van der Waals surface area contributed by atoms with Gasteiger partial charge in [0.15, 0.2) is 11.5 Å². The van der Waals surface area contributed by atoms with Gasteiger partial charge in [-0.25, -0.2) is 4.98 Å². The molecular formula is C19H25N7. The zero-order chi connectivity index (χ0) is 17.9. The van der Waals surface area contributed by atoms with Crippen LogP contribution in [0.4, 0.5) is 11.8 Å². The monoisotopic (exact) mass is 351 g/mol. The minimum atomic E-state index is 0.465. The van der Waals surface area contributed by atoms with Crippen molar-refractivity contribution in [3.8, 4) is 0 Å². The zero-order valence-corrected chi connectivity index (χ0v) is 15.1. The van der Waals surface area contributed by atoms with Crippen LogP contribution < -0.4 is 10.6 Å². The fourth-order valence-electron chi connectivity index (χ4n) is 3.70. The fourth-order valence-corrected chi connectivity index (χ4v) is 3.70. The van der Waals surface area contributed by atoms with Crippen LogP contribution in [0.1, 0.15) is 18.4 Å². The summed E-state index contributed by atoms with van der Waals surface area (Å²) in [5.74, 6) is 1.86. The predicted octanol–water partition coefficient (Wildman–Crippen LogP) is 2.28. The summed E-state index contributed by atoms with van der Waals surface area (Å²) in [5.41, 5.74) is 8.73. The Hall–Kier alpha value is -2.67. The molecule has 1 aliphatic rings. The largest absolute Gasteiger partial charge is 0.382 e. The predicted molar refractivity (Wildman–Crippen MR) is 104 cm³/mol. The van der Waals surface area contributed by atoms with E-state index in [9.17, 15) is 0 Å². The van der Waals surface area contributed by atoms with Gasteiger partial charge in [0.05, 0.1) is 6.33 Å². The lowest BCUT2D eigenvalue weighted by atomic mass is 9.96. The number of fused-ring (bicyclic) bond motifs is 1. The molecule has 0 amide bonds. The molecule has 26 heavy (non-hydrogen) atoms. The average Bonchev–Trinajstić information content (AvgIpc) is 3.12. The van der Waals surface area contributed by atoms with Crippen LogP contribution in [-0.4, -0.2) is 51.5 Å². The third kappa shape index (κ3) is 3.62. The Balaban J connectivity index is 1.33. The van der Waals surface area contributed by atoms with Gasteiger partial charge in [0.2, 0.25) is 5.95 Å². The van der Waals surface area contributed by atoms with Crippen molar-refractivity contribution in [1.29, 1.82) is 0 Å². The first-order valence-corrected chi connectivity index (χ1v) is 9.13. The SMILES string of the molecule is CN(Cc1ccccc1)CC1CCN(c2nc(N)c3[nH]cnc3n2)CC1. The highest BCUT2D eigenvalue weighted by atomic mass is 15.3. The average molecular weight is 351 g/mol. The second-order valence-corrected chi connectivity index (χ2v) is 7.12. The number of hydrogen-bond donors (Lipinski definition) is 2. The Morgan fingerprint density at radius 1 is 1.19 bits per heavy atom. The summed E-state index contributed by atoms with van der Waals surface area (Å²) in [4.78, 5) is 20.8. The van der Waals surface area contributed by atoms with E-state index in [-0.39, 0.29) is 0 Å². The van der Waals surface area contributed by atoms with Crippen LogP contribution in [-0.2, 0) is 6.54 Å². The van der Waals surface area contributed by atoms with Crippen LogP contribution in [0, 0.1) is 5.92 Å². The van der Waals surface area contributed by atoms with E-state index in [0.29, 0.717) is 28.8 Å². The smallest absolute Gasteiger partial charge is 0.229 e. The topological polar surface area (TPSA) is 87.0 Å². The standard InChI is InChI=1S/C19H25N7/c1-25(11-14-5-3-2-4-6-14)12-15-7-9-26(10-8-15)19-23-17(20)16-18(24-19)22-13-21-16/h2-6,13,15H,7-12H2,1H3,(H3,20,21,22,23,24). The van der Waals surface area contributed by atoms with Crippen LogP contribution in [0.15, 0.2) is 36.7 Å². The summed E-state index contributed by atoms with van der Waals surface area (Å²) in [6, 6.07) is 10.6. The Morgan fingerprint density at radius 2 is 1.96 bits per heavy atom. The molecule has 3 heterocycles. The van der Waals surface area contributed by atoms with Gasteiger partial charge in [-0.1, -0.05) is 30.3 Å². The van der Waals surface area contributed by atoms with Crippen molar-refractivity contribution in [2.75, 3.05) is 37.3 Å². The number of aromatic amines is 1. The summed E-state index contributed by atoms with van der Waals surface area (Å²) in [6.45, 7) is 4.03. The van der Waals surface area contributed by atoms with Gasteiger partial charge >= 0.3 is 0 Å². The molecule has 0 atom stereocenters. The van der Waals surface area contributed by atoms with Crippen LogP contribution in [0.3, 0.4) is 0 Å². The number of benzene rings is 1. The third-order valence-electron chi connectivity index (χ3n) is 5.06. The lowest BCUT2D eigenvalue weighted by Crippen LogP contribution is -2.38. The highest BCUT2D eigenvalue weighted by Crippen LogP contribution is 2.24. The molecule has 0 spiro atoms. The van der Waals surface area contributed by atoms with Crippen molar-refractivity contribution in [2.24, 2.45) is 5.92 Å². The summed E-state index contributed by atoms with van der Waals surface area (Å²) in [6.07, 6.45) is 3.89. The molecule has 0 aliphatic carbocycles. The highest BCUT2D eigenvalue weighted by Gasteiger charge is 2.23. The molecule has 136 valence electrons. The number of nitrogens with two attached hydrogens (primary N) is 1. The second kappa shape index (κ2) is 7.29. The number of anilines is 2.